The molecule has 8 rings (SSSR count). The molecule has 1 unspecified atom stereocenters. The van der Waals surface area contributed by atoms with Crippen LogP contribution in [0.25, 0.3) is 0 Å². The largest absolute Gasteiger partial charge is 0.481 e. The van der Waals surface area contributed by atoms with Crippen molar-refractivity contribution in [1.82, 2.24) is 15.2 Å². The number of carbonyl (C=O) groups is 1. The number of carboxylic acid groups (broad SMARTS) is 1. The number of nitrogens with one attached hydrogen (secondary N) is 1. The quantitative estimate of drug-likeness (QED) is 0.232. The van der Waals surface area contributed by atoms with Crippen LogP contribution >= 0.6 is 0 Å². The fraction of sp³-hybridized carbons (Fsp3) is 0.755. The van der Waals surface area contributed by atoms with Gasteiger partial charge in [-0.05, 0) is 178 Å². The molecule has 1 aliphatic heterocycles. The molecule has 4 saturated carbocycles. The zero-order valence-corrected chi connectivity index (χ0v) is 35.4. The van der Waals surface area contributed by atoms with E-state index >= 15 is 0 Å². The van der Waals surface area contributed by atoms with E-state index in [9.17, 15) is 9.90 Å². The third-order valence-corrected chi connectivity index (χ3v) is 18.5. The summed E-state index contributed by atoms with van der Waals surface area (Å²) in [6.07, 6.45) is 24.4. The Morgan fingerprint density at radius 2 is 1.73 bits per heavy atom. The molecule has 5 fully saturated rings. The van der Waals surface area contributed by atoms with Crippen molar-refractivity contribution in [2.24, 2.45) is 56.7 Å². The van der Waals surface area contributed by atoms with E-state index in [2.05, 4.69) is 75.5 Å². The van der Waals surface area contributed by atoms with Gasteiger partial charge in [-0.25, -0.2) is 4.98 Å². The molecule has 2 heterocycles. The van der Waals surface area contributed by atoms with Crippen LogP contribution in [0.5, 0.6) is 5.88 Å². The van der Waals surface area contributed by atoms with Gasteiger partial charge in [-0.15, -0.1) is 0 Å². The van der Waals surface area contributed by atoms with Crippen LogP contribution in [0.15, 0.2) is 59.8 Å². The summed E-state index contributed by atoms with van der Waals surface area (Å²) in [6.45, 7) is 25.3. The van der Waals surface area contributed by atoms with Gasteiger partial charge in [0.1, 0.15) is 12.0 Å². The SMILES string of the molecule is C=C(C)[C@@H]1CC[C@]2(NCCN3CCCCC3)CC[C@]3(C)[C@H](CC[C@@H]4[C@@]5(C)CC=C(C6=CCC(COc7ccccn7)(C(=O)O)CC6)C(C)(C)[C@@H]5CC[C@]43C)[C@@H]12. The smallest absolute Gasteiger partial charge is 0.313 e. The van der Waals surface area contributed by atoms with Crippen LogP contribution in [-0.2, 0) is 4.79 Å². The minimum atomic E-state index is -0.918. The van der Waals surface area contributed by atoms with Crippen molar-refractivity contribution < 1.29 is 14.6 Å². The number of aromatic nitrogens is 1. The van der Waals surface area contributed by atoms with E-state index in [1.165, 1.54) is 107 Å². The molecule has 0 amide bonds. The molecule has 1 aromatic rings. The first-order valence-electron chi connectivity index (χ1n) is 22.5. The Labute approximate surface area is 333 Å². The van der Waals surface area contributed by atoms with Crippen LogP contribution in [-0.4, -0.2) is 59.3 Å². The maximum Gasteiger partial charge on any atom is 0.313 e. The van der Waals surface area contributed by atoms with E-state index in [4.69, 9.17) is 4.74 Å². The first-order valence-corrected chi connectivity index (χ1v) is 22.5. The summed E-state index contributed by atoms with van der Waals surface area (Å²) in [6, 6.07) is 5.53. The molecule has 0 aromatic carbocycles. The average Bonchev–Trinajstić information content (AvgIpc) is 3.55. The van der Waals surface area contributed by atoms with Crippen LogP contribution in [0, 0.1) is 56.7 Å². The second-order valence-electron chi connectivity index (χ2n) is 21.2. The highest BCUT2D eigenvalue weighted by atomic mass is 16.5. The summed E-state index contributed by atoms with van der Waals surface area (Å²) < 4.78 is 5.96. The van der Waals surface area contributed by atoms with E-state index in [0.717, 1.165) is 25.3 Å². The molecule has 0 spiro atoms. The maximum absolute atomic E-state index is 12.7. The lowest BCUT2D eigenvalue weighted by Gasteiger charge is -2.72. The topological polar surface area (TPSA) is 74.7 Å². The fourth-order valence-electron chi connectivity index (χ4n) is 15.4. The summed E-state index contributed by atoms with van der Waals surface area (Å²) in [7, 11) is 0. The molecule has 1 aromatic heterocycles. The van der Waals surface area contributed by atoms with Gasteiger partial charge in [0, 0.05) is 30.9 Å². The highest BCUT2D eigenvalue weighted by Gasteiger charge is 2.70. The summed E-state index contributed by atoms with van der Waals surface area (Å²) >= 11 is 0. The van der Waals surface area contributed by atoms with Crippen LogP contribution in [0.4, 0.5) is 0 Å². The Hall–Kier alpha value is -2.44. The zero-order chi connectivity index (χ0) is 38.9. The number of pyridine rings is 1. The molecule has 6 aliphatic carbocycles. The van der Waals surface area contributed by atoms with Crippen molar-refractivity contribution in [1.29, 1.82) is 0 Å². The van der Waals surface area contributed by atoms with E-state index in [1.807, 2.05) is 12.1 Å². The number of nitrogens with zero attached hydrogens (tertiary/aromatic N) is 2. The van der Waals surface area contributed by atoms with Crippen LogP contribution in [0.2, 0.25) is 0 Å². The molecule has 302 valence electrons. The summed E-state index contributed by atoms with van der Waals surface area (Å²) in [5.74, 6) is 3.15. The Balaban J connectivity index is 1.02. The van der Waals surface area contributed by atoms with Crippen LogP contribution in [0.3, 0.4) is 0 Å². The Kier molecular flexibility index (Phi) is 10.3. The molecule has 0 radical (unpaired) electrons. The predicted octanol–water partition coefficient (Wildman–Crippen LogP) is 10.7. The fourth-order valence-corrected chi connectivity index (χ4v) is 15.4. The van der Waals surface area contributed by atoms with Gasteiger partial charge in [0.25, 0.3) is 0 Å². The molecule has 6 nitrogen and oxygen atoms in total. The van der Waals surface area contributed by atoms with E-state index < -0.39 is 11.4 Å². The Morgan fingerprint density at radius 3 is 2.42 bits per heavy atom. The zero-order valence-electron chi connectivity index (χ0n) is 35.4. The number of hydrogen-bond donors (Lipinski definition) is 2. The second kappa shape index (κ2) is 14.4. The second-order valence-corrected chi connectivity index (χ2v) is 21.2. The number of rotatable bonds is 10. The summed E-state index contributed by atoms with van der Waals surface area (Å²) in [4.78, 5) is 19.7. The van der Waals surface area contributed by atoms with E-state index in [0.29, 0.717) is 53.2 Å². The van der Waals surface area contributed by atoms with Gasteiger partial charge in [-0.2, -0.15) is 0 Å². The lowest BCUT2D eigenvalue weighted by atomic mass is 9.33. The number of piperidine rings is 1. The number of allylic oxidation sites excluding steroid dienone is 5. The standard InChI is InChI=1S/C49H73N3O3/c1-34(2)36-18-25-49(51-29-32-52-30-11-8-12-31-52)27-26-46(6)38(42(36)49)14-15-40-45(5)21-19-37(44(3,4)39(45)20-22-47(40,46)7)35-16-23-48(24-17-35,43(53)54)33-55-41-13-9-10-28-50-41/h9-10,13,16,19,28,36,38-40,42,51H,1,8,11-12,14-15,17-18,20-27,29-33H2,2-7H3,(H,53,54)/t36-,38+,39-,40+,42+,45-,46+,47+,48?,49-/m0/s1. The molecule has 7 aliphatic rings. The molecule has 2 N–H and O–H groups in total. The molecular formula is C49H73N3O3. The molecular weight excluding hydrogens is 679 g/mol. The lowest BCUT2D eigenvalue weighted by molar-refractivity contribution is -0.221. The van der Waals surface area contributed by atoms with Crippen LogP contribution in [0.1, 0.15) is 138 Å². The first kappa shape index (κ1) is 39.4. The number of hydrogen-bond acceptors (Lipinski definition) is 5. The number of likely N-dealkylation sites (tertiary alicyclic amines) is 1. The number of ether oxygens (including phenoxy) is 1. The summed E-state index contributed by atoms with van der Waals surface area (Å²) in [5, 5.41) is 14.8. The number of carboxylic acids is 1. The highest BCUT2D eigenvalue weighted by Crippen LogP contribution is 2.76. The van der Waals surface area contributed by atoms with Crippen molar-refractivity contribution >= 4 is 5.97 Å². The number of aliphatic carboxylic acids is 1. The number of fused-ring (bicyclic) bond motifs is 7. The third-order valence-electron chi connectivity index (χ3n) is 18.5. The molecule has 10 atom stereocenters. The van der Waals surface area contributed by atoms with E-state index in [-0.39, 0.29) is 23.0 Å². The van der Waals surface area contributed by atoms with Crippen molar-refractivity contribution in [2.75, 3.05) is 32.8 Å². The van der Waals surface area contributed by atoms with Gasteiger partial charge in [0.2, 0.25) is 5.88 Å². The van der Waals surface area contributed by atoms with Crippen molar-refractivity contribution in [2.45, 2.75) is 143 Å². The minimum absolute atomic E-state index is 0.0437. The first-order chi connectivity index (χ1) is 26.2. The Morgan fingerprint density at radius 1 is 0.927 bits per heavy atom. The molecule has 6 heteroatoms. The normalized spacial score (nSPS) is 42.5. The van der Waals surface area contributed by atoms with Crippen molar-refractivity contribution in [3.63, 3.8) is 0 Å². The Bertz CT molecular complexity index is 1680. The predicted molar refractivity (Wildman–Crippen MR) is 223 cm³/mol. The van der Waals surface area contributed by atoms with E-state index in [1.54, 1.807) is 12.3 Å². The molecule has 55 heavy (non-hydrogen) atoms. The van der Waals surface area contributed by atoms with Crippen LogP contribution < -0.4 is 10.1 Å². The van der Waals surface area contributed by atoms with Crippen molar-refractivity contribution in [3.8, 4) is 5.88 Å². The lowest BCUT2D eigenvalue weighted by Crippen LogP contribution is -2.68. The average molecular weight is 752 g/mol. The van der Waals surface area contributed by atoms with Gasteiger partial charge in [-0.1, -0.05) is 71.4 Å². The highest BCUT2D eigenvalue weighted by molar-refractivity contribution is 5.75. The monoisotopic (exact) mass is 752 g/mol. The van der Waals surface area contributed by atoms with Crippen molar-refractivity contribution in [3.05, 3.63) is 59.8 Å². The minimum Gasteiger partial charge on any atom is -0.481 e. The van der Waals surface area contributed by atoms with Gasteiger partial charge in [0.05, 0.1) is 0 Å². The maximum atomic E-state index is 12.7. The third kappa shape index (κ3) is 6.32. The summed E-state index contributed by atoms with van der Waals surface area (Å²) in [5.41, 5.74) is 4.63. The van der Waals surface area contributed by atoms with Gasteiger partial charge >= 0.3 is 5.97 Å². The molecule has 0 bridgehead atoms. The van der Waals surface area contributed by atoms with Gasteiger partial charge < -0.3 is 20.1 Å². The van der Waals surface area contributed by atoms with Gasteiger partial charge in [-0.3, -0.25) is 4.79 Å². The van der Waals surface area contributed by atoms with Gasteiger partial charge in [0.15, 0.2) is 0 Å². The molecule has 1 saturated heterocycles.